The van der Waals surface area contributed by atoms with Crippen molar-refractivity contribution in [1.82, 2.24) is 14.4 Å². The smallest absolute Gasteiger partial charge is 0.180 e. The summed E-state index contributed by atoms with van der Waals surface area (Å²) in [5.41, 5.74) is 3.28. The first-order valence-electron chi connectivity index (χ1n) is 5.92. The van der Waals surface area contributed by atoms with Crippen LogP contribution < -0.4 is 16.6 Å². The molecule has 0 radical (unpaired) electrons. The van der Waals surface area contributed by atoms with E-state index >= 15 is 0 Å². The van der Waals surface area contributed by atoms with Gasteiger partial charge in [0.25, 0.3) is 0 Å². The Balaban J connectivity index is 2.22. The van der Waals surface area contributed by atoms with Crippen molar-refractivity contribution >= 4 is 17.3 Å². The number of nitrogen functional groups attached to an aromatic ring is 1. The zero-order valence-electron chi connectivity index (χ0n) is 10.3. The monoisotopic (exact) mass is 250 g/mol. The topological polar surface area (TPSA) is 100 Å². The summed E-state index contributed by atoms with van der Waals surface area (Å²) >= 11 is 0. The van der Waals surface area contributed by atoms with E-state index in [1.54, 1.807) is 12.4 Å². The molecule has 18 heavy (non-hydrogen) atoms. The highest BCUT2D eigenvalue weighted by molar-refractivity contribution is 5.65. The van der Waals surface area contributed by atoms with Gasteiger partial charge in [-0.1, -0.05) is 0 Å². The molecule has 2 rings (SSSR count). The molecule has 1 unspecified atom stereocenters. The molecule has 2 aromatic rings. The molecule has 0 saturated carbocycles. The number of nitrogens with zero attached hydrogens (tertiary/aromatic N) is 3. The highest BCUT2D eigenvalue weighted by atomic mass is 16.2. The predicted octanol–water partition coefficient (Wildman–Crippen LogP) is 0.588. The molecule has 5 N–H and O–H groups in total. The van der Waals surface area contributed by atoms with Crippen LogP contribution in [0.2, 0.25) is 0 Å². The van der Waals surface area contributed by atoms with Crippen LogP contribution in [0.25, 0.3) is 5.65 Å². The molecule has 0 aliphatic carbocycles. The molecule has 0 spiro atoms. The lowest BCUT2D eigenvalue weighted by Crippen LogP contribution is -2.18. The standard InChI is InChI=1S/C11H18N6O/c1-8(3-2-6-18)14-10-11-13-4-5-17(11)7-9(15-10)16-12/h4-5,7-8,16,18H,2-3,6,12H2,1H3,(H,14,15). The Labute approximate surface area is 105 Å². The van der Waals surface area contributed by atoms with E-state index in [-0.39, 0.29) is 12.6 Å². The van der Waals surface area contributed by atoms with Crippen molar-refractivity contribution in [2.75, 3.05) is 17.3 Å². The van der Waals surface area contributed by atoms with Gasteiger partial charge in [-0.15, -0.1) is 0 Å². The molecular formula is C11H18N6O. The Bertz CT molecular complexity index is 511. The summed E-state index contributed by atoms with van der Waals surface area (Å²) in [6, 6.07) is 0.207. The van der Waals surface area contributed by atoms with Crippen LogP contribution in [-0.2, 0) is 0 Å². The SMILES string of the molecule is CC(CCCO)Nc1nc(NN)cn2ccnc12. The summed E-state index contributed by atoms with van der Waals surface area (Å²) in [4.78, 5) is 8.59. The van der Waals surface area contributed by atoms with E-state index in [0.717, 1.165) is 18.5 Å². The first-order chi connectivity index (χ1) is 8.74. The fourth-order valence-electron chi connectivity index (χ4n) is 1.80. The van der Waals surface area contributed by atoms with Crippen LogP contribution in [0.4, 0.5) is 11.6 Å². The van der Waals surface area contributed by atoms with E-state index in [9.17, 15) is 0 Å². The molecule has 2 heterocycles. The number of hydrogen-bond acceptors (Lipinski definition) is 6. The van der Waals surface area contributed by atoms with Gasteiger partial charge in [0, 0.05) is 25.0 Å². The van der Waals surface area contributed by atoms with Gasteiger partial charge in [0.2, 0.25) is 0 Å². The first-order valence-corrected chi connectivity index (χ1v) is 5.92. The zero-order valence-corrected chi connectivity index (χ0v) is 10.3. The average Bonchev–Trinajstić information content (AvgIpc) is 2.84. The number of aliphatic hydroxyl groups excluding tert-OH is 1. The lowest BCUT2D eigenvalue weighted by Gasteiger charge is -2.15. The molecule has 0 aromatic carbocycles. The Morgan fingerprint density at radius 2 is 2.39 bits per heavy atom. The molecule has 0 bridgehead atoms. The summed E-state index contributed by atoms with van der Waals surface area (Å²) in [6.45, 7) is 2.24. The molecule has 7 nitrogen and oxygen atoms in total. The second-order valence-corrected chi connectivity index (χ2v) is 4.19. The van der Waals surface area contributed by atoms with Crippen molar-refractivity contribution in [1.29, 1.82) is 0 Å². The second-order valence-electron chi connectivity index (χ2n) is 4.19. The van der Waals surface area contributed by atoms with Gasteiger partial charge in [0.15, 0.2) is 17.3 Å². The van der Waals surface area contributed by atoms with Gasteiger partial charge in [-0.3, -0.25) is 0 Å². The summed E-state index contributed by atoms with van der Waals surface area (Å²) in [6.07, 6.45) is 6.94. The highest BCUT2D eigenvalue weighted by Gasteiger charge is 2.09. The van der Waals surface area contributed by atoms with Crippen LogP contribution in [-0.4, -0.2) is 32.1 Å². The normalized spacial score (nSPS) is 12.6. The number of rotatable bonds is 6. The Morgan fingerprint density at radius 3 is 3.11 bits per heavy atom. The van der Waals surface area contributed by atoms with Gasteiger partial charge in [0.1, 0.15) is 0 Å². The van der Waals surface area contributed by atoms with E-state index < -0.39 is 0 Å². The number of imidazole rings is 1. The molecule has 0 aliphatic heterocycles. The van der Waals surface area contributed by atoms with Crippen LogP contribution in [0.5, 0.6) is 0 Å². The molecule has 98 valence electrons. The lowest BCUT2D eigenvalue weighted by molar-refractivity contribution is 0.282. The minimum Gasteiger partial charge on any atom is -0.396 e. The molecule has 0 saturated heterocycles. The maximum Gasteiger partial charge on any atom is 0.180 e. The minimum atomic E-state index is 0.197. The number of nitrogens with one attached hydrogen (secondary N) is 2. The van der Waals surface area contributed by atoms with Crippen molar-refractivity contribution in [2.24, 2.45) is 5.84 Å². The third-order valence-electron chi connectivity index (χ3n) is 2.70. The first kappa shape index (κ1) is 12.6. The number of aliphatic hydroxyl groups is 1. The van der Waals surface area contributed by atoms with Crippen LogP contribution in [0, 0.1) is 0 Å². The number of hydrogen-bond donors (Lipinski definition) is 4. The molecule has 0 amide bonds. The number of fused-ring (bicyclic) bond motifs is 1. The molecule has 7 heteroatoms. The molecule has 0 fully saturated rings. The zero-order chi connectivity index (χ0) is 13.0. The maximum absolute atomic E-state index is 8.82. The Kier molecular flexibility index (Phi) is 3.96. The van der Waals surface area contributed by atoms with Gasteiger partial charge in [0.05, 0.1) is 6.20 Å². The van der Waals surface area contributed by atoms with Crippen molar-refractivity contribution in [3.05, 3.63) is 18.6 Å². The summed E-state index contributed by atoms with van der Waals surface area (Å²) < 4.78 is 1.85. The lowest BCUT2D eigenvalue weighted by atomic mass is 10.2. The van der Waals surface area contributed by atoms with Crippen molar-refractivity contribution < 1.29 is 5.11 Å². The second kappa shape index (κ2) is 5.65. The third kappa shape index (κ3) is 2.69. The largest absolute Gasteiger partial charge is 0.396 e. The number of aromatic nitrogens is 3. The van der Waals surface area contributed by atoms with Crippen molar-refractivity contribution in [3.63, 3.8) is 0 Å². The summed E-state index contributed by atoms with van der Waals surface area (Å²) in [5.74, 6) is 6.63. The van der Waals surface area contributed by atoms with Crippen LogP contribution in [0.3, 0.4) is 0 Å². The van der Waals surface area contributed by atoms with Crippen molar-refractivity contribution in [2.45, 2.75) is 25.8 Å². The molecule has 0 aliphatic rings. The van der Waals surface area contributed by atoms with Crippen LogP contribution in [0.1, 0.15) is 19.8 Å². The molecule has 1 atom stereocenters. The predicted molar refractivity (Wildman–Crippen MR) is 70.2 cm³/mol. The average molecular weight is 250 g/mol. The van der Waals surface area contributed by atoms with E-state index in [4.69, 9.17) is 10.9 Å². The van der Waals surface area contributed by atoms with Crippen LogP contribution >= 0.6 is 0 Å². The fraction of sp³-hybridized carbons (Fsp3) is 0.455. The van der Waals surface area contributed by atoms with Crippen molar-refractivity contribution in [3.8, 4) is 0 Å². The third-order valence-corrected chi connectivity index (χ3v) is 2.70. The van der Waals surface area contributed by atoms with Gasteiger partial charge in [-0.05, 0) is 19.8 Å². The number of hydrazine groups is 1. The molecule has 2 aromatic heterocycles. The summed E-state index contributed by atoms with van der Waals surface area (Å²) in [7, 11) is 0. The van der Waals surface area contributed by atoms with Gasteiger partial charge < -0.3 is 20.2 Å². The van der Waals surface area contributed by atoms with E-state index in [0.29, 0.717) is 11.6 Å². The minimum absolute atomic E-state index is 0.197. The maximum atomic E-state index is 8.82. The number of anilines is 2. The van der Waals surface area contributed by atoms with Crippen LogP contribution in [0.15, 0.2) is 18.6 Å². The van der Waals surface area contributed by atoms with Gasteiger partial charge in [-0.2, -0.15) is 0 Å². The Morgan fingerprint density at radius 1 is 1.56 bits per heavy atom. The van der Waals surface area contributed by atoms with E-state index in [1.807, 2.05) is 17.5 Å². The van der Waals surface area contributed by atoms with E-state index in [1.165, 1.54) is 0 Å². The number of nitrogens with two attached hydrogens (primary N) is 1. The van der Waals surface area contributed by atoms with Gasteiger partial charge >= 0.3 is 0 Å². The highest BCUT2D eigenvalue weighted by Crippen LogP contribution is 2.17. The fourth-order valence-corrected chi connectivity index (χ4v) is 1.80. The van der Waals surface area contributed by atoms with E-state index in [2.05, 4.69) is 20.7 Å². The molecular weight excluding hydrogens is 232 g/mol. The quantitative estimate of drug-likeness (QED) is 0.442. The van der Waals surface area contributed by atoms with Gasteiger partial charge in [-0.25, -0.2) is 15.8 Å². The Hall–Kier alpha value is -1.86. The summed E-state index contributed by atoms with van der Waals surface area (Å²) in [5, 5.41) is 12.1.